The Morgan fingerprint density at radius 2 is 0.986 bits per heavy atom. The van der Waals surface area contributed by atoms with Gasteiger partial charge >= 0.3 is 0 Å². The fraction of sp³-hybridized carbons (Fsp3) is 0.286. The highest BCUT2D eigenvalue weighted by Crippen LogP contribution is 2.66. The van der Waals surface area contributed by atoms with Crippen LogP contribution in [-0.4, -0.2) is 0 Å². The van der Waals surface area contributed by atoms with Gasteiger partial charge in [0.25, 0.3) is 0 Å². The molecule has 0 heterocycles. The van der Waals surface area contributed by atoms with E-state index in [2.05, 4.69) is 220 Å². The quantitative estimate of drug-likeness (QED) is 0.114. The Bertz CT molecular complexity index is 3320. The number of hydrogen-bond donors (Lipinski definition) is 0. The maximum atomic E-state index is 4.04. The van der Waals surface area contributed by atoms with Gasteiger partial charge in [0.1, 0.15) is 0 Å². The second-order valence-corrected chi connectivity index (χ2v) is 23.3. The van der Waals surface area contributed by atoms with E-state index in [1.54, 1.807) is 5.56 Å². The van der Waals surface area contributed by atoms with Gasteiger partial charge in [0.15, 0.2) is 0 Å². The van der Waals surface area contributed by atoms with Gasteiger partial charge in [0, 0.05) is 39.5 Å². The molecule has 8 aromatic rings. The van der Waals surface area contributed by atoms with Crippen molar-refractivity contribution in [1.82, 2.24) is 0 Å². The van der Waals surface area contributed by atoms with E-state index >= 15 is 0 Å². The number of benzene rings is 8. The lowest BCUT2D eigenvalue weighted by molar-refractivity contribution is -0.0281. The van der Waals surface area contributed by atoms with E-state index in [4.69, 9.17) is 0 Å². The molecule has 14 rings (SSSR count). The van der Waals surface area contributed by atoms with E-state index in [1.165, 1.54) is 148 Å². The molecule has 0 aliphatic heterocycles. The Kier molecular flexibility index (Phi) is 10.9. The van der Waals surface area contributed by atoms with Gasteiger partial charge in [-0.2, -0.15) is 0 Å². The van der Waals surface area contributed by atoms with Crippen LogP contribution in [0.25, 0.3) is 28.3 Å². The summed E-state index contributed by atoms with van der Waals surface area (Å²) in [4.78, 5) is 4.92. The van der Waals surface area contributed by atoms with Crippen molar-refractivity contribution >= 4 is 40.2 Å². The number of rotatable bonds is 13. The van der Waals surface area contributed by atoms with Crippen LogP contribution in [0.4, 0.5) is 34.1 Å². The molecule has 0 saturated heterocycles. The summed E-state index contributed by atoms with van der Waals surface area (Å²) in [5, 5.41) is 0. The van der Waals surface area contributed by atoms with Crippen molar-refractivity contribution in [2.75, 3.05) is 9.80 Å². The van der Waals surface area contributed by atoms with E-state index in [0.29, 0.717) is 0 Å². The van der Waals surface area contributed by atoms with E-state index in [-0.39, 0.29) is 16.2 Å². The van der Waals surface area contributed by atoms with Gasteiger partial charge in [-0.1, -0.05) is 142 Å². The van der Waals surface area contributed by atoms with Crippen molar-refractivity contribution in [3.8, 4) is 22.3 Å². The standard InChI is InChI=1S/C70H68N2/c1-6-8-9-49-14-27-59(28-15-49)71(60-29-23-57(24-30-60)70-44-50-38-51(45-70)43-69(42-50,46-70)56-21-12-48(7-2)13-22-56)61-31-33-62(34-32-61)72(58-25-10-47(3)11-26-58)63-35-37-65-64-36-20-55(40-66(64)68(4,5)67(65)41-63)54-19-17-52-16-18-53(52)39-54/h7,10-15,17,19-37,39-41,50-51H,2,6,8-9,16,18,38,42-46H2,1,3-5H3. The van der Waals surface area contributed by atoms with E-state index in [0.717, 1.165) is 35.3 Å². The topological polar surface area (TPSA) is 6.48 Å². The summed E-state index contributed by atoms with van der Waals surface area (Å²) in [7, 11) is 0. The average Bonchev–Trinajstić information content (AvgIpc) is 3.62. The molecule has 0 spiro atoms. The zero-order valence-corrected chi connectivity index (χ0v) is 42.9. The van der Waals surface area contributed by atoms with Crippen LogP contribution >= 0.6 is 0 Å². The first kappa shape index (κ1) is 45.0. The average molecular weight is 937 g/mol. The van der Waals surface area contributed by atoms with E-state index < -0.39 is 0 Å². The molecule has 2 unspecified atom stereocenters. The number of anilines is 6. The molecule has 0 amide bonds. The van der Waals surface area contributed by atoms with Crippen molar-refractivity contribution in [1.29, 1.82) is 0 Å². The number of nitrogens with zero attached hydrogens (tertiary/aromatic N) is 2. The summed E-state index contributed by atoms with van der Waals surface area (Å²) in [5.74, 6) is 1.60. The molecule has 0 N–H and O–H groups in total. The van der Waals surface area contributed by atoms with E-state index in [1.807, 2.05) is 6.08 Å². The Labute approximate surface area is 429 Å². The number of aryl methyl sites for hydroxylation is 4. The SMILES string of the molecule is C=Cc1ccc(C23CC4CC(C2)CC(c2ccc(N(c5ccc(CCCC)cc5)c5ccc(N(c6ccc(C)cc6)c6ccc7c(c6)C(C)(C)c6cc(-c8ccc9c(c8)CC9)ccc6-7)cc5)cc2)(C4)C3)cc1. The first-order valence-electron chi connectivity index (χ1n) is 27.2. The molecule has 2 atom stereocenters. The van der Waals surface area contributed by atoms with Crippen molar-refractivity contribution in [3.63, 3.8) is 0 Å². The van der Waals surface area contributed by atoms with Crippen molar-refractivity contribution in [3.05, 3.63) is 233 Å². The Hall–Kier alpha value is -6.90. The molecule has 0 radical (unpaired) electrons. The molecule has 72 heavy (non-hydrogen) atoms. The monoisotopic (exact) mass is 937 g/mol. The molecular formula is C70H68N2. The fourth-order valence-electron chi connectivity index (χ4n) is 14.8. The predicted octanol–water partition coefficient (Wildman–Crippen LogP) is 18.8. The van der Waals surface area contributed by atoms with Gasteiger partial charge < -0.3 is 9.80 Å². The molecule has 4 bridgehead atoms. The molecule has 6 aliphatic carbocycles. The van der Waals surface area contributed by atoms with E-state index in [9.17, 15) is 0 Å². The van der Waals surface area contributed by atoms with Crippen LogP contribution in [0.5, 0.6) is 0 Å². The lowest BCUT2D eigenvalue weighted by Crippen LogP contribution is -2.55. The summed E-state index contributed by atoms with van der Waals surface area (Å²) >= 11 is 0. The fourth-order valence-corrected chi connectivity index (χ4v) is 14.8. The Morgan fingerprint density at radius 3 is 1.54 bits per heavy atom. The number of hydrogen-bond acceptors (Lipinski definition) is 2. The second kappa shape index (κ2) is 17.4. The third-order valence-electron chi connectivity index (χ3n) is 18.4. The predicted molar refractivity (Wildman–Crippen MR) is 304 cm³/mol. The molecule has 4 saturated carbocycles. The lowest BCUT2D eigenvalue weighted by Gasteiger charge is -2.63. The van der Waals surface area contributed by atoms with Crippen LogP contribution in [0.3, 0.4) is 0 Å². The minimum Gasteiger partial charge on any atom is -0.311 e. The van der Waals surface area contributed by atoms with Crippen LogP contribution in [0.15, 0.2) is 183 Å². The largest absolute Gasteiger partial charge is 0.311 e. The minimum absolute atomic E-state index is 0.156. The molecule has 2 nitrogen and oxygen atoms in total. The Balaban J connectivity index is 0.843. The summed E-state index contributed by atoms with van der Waals surface area (Å²) in [5.41, 5.74) is 25.4. The molecule has 358 valence electrons. The smallest absolute Gasteiger partial charge is 0.0465 e. The molecule has 8 aromatic carbocycles. The number of unbranched alkanes of at least 4 members (excludes halogenated alkanes) is 1. The highest BCUT2D eigenvalue weighted by Gasteiger charge is 2.58. The zero-order valence-electron chi connectivity index (χ0n) is 42.9. The van der Waals surface area contributed by atoms with Crippen LogP contribution < -0.4 is 9.80 Å². The van der Waals surface area contributed by atoms with Gasteiger partial charge in [0.05, 0.1) is 0 Å². The van der Waals surface area contributed by atoms with Crippen molar-refractivity contribution in [2.24, 2.45) is 11.8 Å². The molecule has 6 aliphatic rings. The van der Waals surface area contributed by atoms with Gasteiger partial charge in [-0.15, -0.1) is 0 Å². The third-order valence-corrected chi connectivity index (χ3v) is 18.4. The van der Waals surface area contributed by atoms with Crippen molar-refractivity contribution in [2.45, 2.75) is 115 Å². The molecule has 4 fully saturated rings. The van der Waals surface area contributed by atoms with Crippen LogP contribution in [-0.2, 0) is 35.5 Å². The zero-order chi connectivity index (χ0) is 48.8. The second-order valence-electron chi connectivity index (χ2n) is 23.3. The molecular weight excluding hydrogens is 869 g/mol. The highest BCUT2D eigenvalue weighted by atomic mass is 15.2. The Morgan fingerprint density at radius 1 is 0.514 bits per heavy atom. The van der Waals surface area contributed by atoms with Gasteiger partial charge in [0.2, 0.25) is 0 Å². The summed E-state index contributed by atoms with van der Waals surface area (Å²) in [6.07, 6.45) is 15.9. The summed E-state index contributed by atoms with van der Waals surface area (Å²) in [6.45, 7) is 13.3. The normalized spacial score (nSPS) is 21.6. The lowest BCUT2D eigenvalue weighted by atomic mass is 9.42. The number of fused-ring (bicyclic) bond motifs is 4. The van der Waals surface area contributed by atoms with Gasteiger partial charge in [-0.05, 0) is 239 Å². The van der Waals surface area contributed by atoms with Gasteiger partial charge in [-0.3, -0.25) is 0 Å². The molecule has 2 heteroatoms. The molecule has 0 aromatic heterocycles. The highest BCUT2D eigenvalue weighted by molar-refractivity contribution is 5.88. The van der Waals surface area contributed by atoms with Crippen LogP contribution in [0.2, 0.25) is 0 Å². The van der Waals surface area contributed by atoms with Crippen molar-refractivity contribution < 1.29 is 0 Å². The maximum absolute atomic E-state index is 4.04. The minimum atomic E-state index is -0.156. The summed E-state index contributed by atoms with van der Waals surface area (Å²) in [6, 6.07) is 68.4. The van der Waals surface area contributed by atoms with Crippen LogP contribution in [0.1, 0.15) is 122 Å². The summed E-state index contributed by atoms with van der Waals surface area (Å²) < 4.78 is 0. The first-order chi connectivity index (χ1) is 35.1. The van der Waals surface area contributed by atoms with Gasteiger partial charge in [-0.25, -0.2) is 0 Å². The third kappa shape index (κ3) is 7.59. The van der Waals surface area contributed by atoms with Crippen LogP contribution in [0, 0.1) is 18.8 Å². The first-order valence-corrected chi connectivity index (χ1v) is 27.2. The maximum Gasteiger partial charge on any atom is 0.0465 e.